The van der Waals surface area contributed by atoms with E-state index < -0.39 is 0 Å². The van der Waals surface area contributed by atoms with E-state index in [0.29, 0.717) is 16.9 Å². The Balaban J connectivity index is 0.00000196. The van der Waals surface area contributed by atoms with Crippen molar-refractivity contribution in [3.05, 3.63) is 0 Å². The Bertz CT molecular complexity index is 508. The van der Waals surface area contributed by atoms with E-state index in [-0.39, 0.29) is 12.4 Å². The summed E-state index contributed by atoms with van der Waals surface area (Å²) < 4.78 is 0. The molecule has 0 heterocycles. The van der Waals surface area contributed by atoms with E-state index in [4.69, 9.17) is 5.73 Å². The van der Waals surface area contributed by atoms with Gasteiger partial charge in [0.25, 0.3) is 0 Å². The molecule has 0 aromatic carbocycles. The van der Waals surface area contributed by atoms with Crippen LogP contribution in [-0.4, -0.2) is 31.1 Å². The molecule has 4 saturated carbocycles. The van der Waals surface area contributed by atoms with E-state index in [1.165, 1.54) is 57.8 Å². The van der Waals surface area contributed by atoms with Gasteiger partial charge in [0.2, 0.25) is 0 Å². The van der Waals surface area contributed by atoms with Crippen LogP contribution in [0.3, 0.4) is 0 Å². The highest BCUT2D eigenvalue weighted by Crippen LogP contribution is 2.67. The maximum absolute atomic E-state index is 6.35. The molecule has 4 rings (SSSR count). The summed E-state index contributed by atoms with van der Waals surface area (Å²) in [6.07, 6.45) is 12.9. The molecule has 0 aromatic rings. The number of halogens is 1. The first-order chi connectivity index (χ1) is 11.8. The summed E-state index contributed by atoms with van der Waals surface area (Å²) in [5, 5.41) is 0. The maximum atomic E-state index is 6.35. The Morgan fingerprint density at radius 3 is 2.23 bits per heavy atom. The molecule has 9 atom stereocenters. The predicted molar refractivity (Wildman–Crippen MR) is 114 cm³/mol. The number of nitrogens with zero attached hydrogens (tertiary/aromatic N) is 1. The molecule has 0 aliphatic heterocycles. The summed E-state index contributed by atoms with van der Waals surface area (Å²) in [6, 6.07) is 1.21. The number of rotatable bonds is 2. The molecule has 26 heavy (non-hydrogen) atoms. The van der Waals surface area contributed by atoms with Crippen molar-refractivity contribution < 1.29 is 0 Å². The molecule has 0 unspecified atom stereocenters. The highest BCUT2D eigenvalue weighted by Gasteiger charge is 2.60. The largest absolute Gasteiger partial charge is 0.328 e. The van der Waals surface area contributed by atoms with Gasteiger partial charge in [0.15, 0.2) is 0 Å². The molecule has 0 saturated heterocycles. The van der Waals surface area contributed by atoms with Crippen LogP contribution in [0.2, 0.25) is 0 Å². The zero-order valence-electron chi connectivity index (χ0n) is 17.8. The lowest BCUT2D eigenvalue weighted by Gasteiger charge is -2.61. The molecule has 2 N–H and O–H groups in total. The first-order valence-corrected chi connectivity index (χ1v) is 11.2. The first-order valence-electron chi connectivity index (χ1n) is 11.2. The van der Waals surface area contributed by atoms with Crippen LogP contribution in [0.1, 0.15) is 78.6 Å². The van der Waals surface area contributed by atoms with Crippen molar-refractivity contribution in [2.75, 3.05) is 14.1 Å². The van der Waals surface area contributed by atoms with Crippen LogP contribution in [0.5, 0.6) is 0 Å². The Morgan fingerprint density at radius 1 is 0.885 bits per heavy atom. The Labute approximate surface area is 168 Å². The van der Waals surface area contributed by atoms with Gasteiger partial charge in [-0.25, -0.2) is 0 Å². The quantitative estimate of drug-likeness (QED) is 0.697. The second kappa shape index (κ2) is 7.23. The zero-order valence-corrected chi connectivity index (χ0v) is 18.7. The van der Waals surface area contributed by atoms with Crippen LogP contribution >= 0.6 is 12.4 Å². The number of hydrogen-bond acceptors (Lipinski definition) is 2. The fourth-order valence-corrected chi connectivity index (χ4v) is 8.48. The molecule has 152 valence electrons. The summed E-state index contributed by atoms with van der Waals surface area (Å²) >= 11 is 0. The van der Waals surface area contributed by atoms with Crippen LogP contribution in [0, 0.1) is 40.4 Å². The fourth-order valence-electron chi connectivity index (χ4n) is 8.48. The van der Waals surface area contributed by atoms with Crippen molar-refractivity contribution in [1.82, 2.24) is 4.90 Å². The minimum Gasteiger partial charge on any atom is -0.328 e. The summed E-state index contributed by atoms with van der Waals surface area (Å²) in [4.78, 5) is 2.48. The smallest absolute Gasteiger partial charge is 0.00944 e. The summed E-state index contributed by atoms with van der Waals surface area (Å²) in [7, 11) is 4.56. The molecular weight excluding hydrogens is 340 g/mol. The van der Waals surface area contributed by atoms with Crippen LogP contribution in [0.4, 0.5) is 0 Å². The highest BCUT2D eigenvalue weighted by atomic mass is 35.5. The van der Waals surface area contributed by atoms with E-state index in [2.05, 4.69) is 39.8 Å². The number of hydrogen-bond donors (Lipinski definition) is 1. The van der Waals surface area contributed by atoms with E-state index in [1.54, 1.807) is 0 Å². The van der Waals surface area contributed by atoms with Gasteiger partial charge in [-0.1, -0.05) is 13.8 Å². The Kier molecular flexibility index (Phi) is 5.82. The fraction of sp³-hybridized carbons (Fsp3) is 1.00. The first kappa shape index (κ1) is 20.9. The number of fused-ring (bicyclic) bond motifs is 5. The second-order valence-corrected chi connectivity index (χ2v) is 11.1. The summed E-state index contributed by atoms with van der Waals surface area (Å²) in [5.74, 6) is 4.81. The third-order valence-corrected chi connectivity index (χ3v) is 10.2. The molecule has 0 bridgehead atoms. The van der Waals surface area contributed by atoms with Crippen molar-refractivity contribution in [3.63, 3.8) is 0 Å². The van der Waals surface area contributed by atoms with Crippen molar-refractivity contribution in [2.24, 2.45) is 46.2 Å². The van der Waals surface area contributed by atoms with Gasteiger partial charge in [0.1, 0.15) is 0 Å². The average molecular weight is 383 g/mol. The summed E-state index contributed by atoms with van der Waals surface area (Å²) in [5.41, 5.74) is 7.55. The van der Waals surface area contributed by atoms with Gasteiger partial charge in [-0.15, -0.1) is 12.4 Å². The maximum Gasteiger partial charge on any atom is 0.00944 e. The van der Waals surface area contributed by atoms with Gasteiger partial charge in [-0.2, -0.15) is 0 Å². The molecule has 4 fully saturated rings. The van der Waals surface area contributed by atoms with Crippen molar-refractivity contribution >= 4 is 12.4 Å². The van der Waals surface area contributed by atoms with Crippen LogP contribution in [0.15, 0.2) is 0 Å². The van der Waals surface area contributed by atoms with Crippen LogP contribution in [-0.2, 0) is 0 Å². The third-order valence-electron chi connectivity index (χ3n) is 10.2. The van der Waals surface area contributed by atoms with E-state index >= 15 is 0 Å². The van der Waals surface area contributed by atoms with Gasteiger partial charge in [0.05, 0.1) is 0 Å². The normalized spacial score (nSPS) is 51.8. The molecule has 0 aromatic heterocycles. The monoisotopic (exact) mass is 382 g/mol. The predicted octanol–water partition coefficient (Wildman–Crippen LogP) is 5.34. The standard InChI is InChI=1S/C23H42N2.ClH/c1-15(25(4)5)19-8-9-20-18-7-6-16-14-17(24)10-12-22(16,2)21(18)11-13-23(19,20)3;/h15-21H,6-14,24H2,1-5H3;1H/t15-,16-,17-,18-,19+,20-,21-,22-,23+;/m0./s1. The van der Waals surface area contributed by atoms with E-state index in [9.17, 15) is 0 Å². The third kappa shape index (κ3) is 2.98. The van der Waals surface area contributed by atoms with Crippen molar-refractivity contribution in [3.8, 4) is 0 Å². The van der Waals surface area contributed by atoms with E-state index in [0.717, 1.165) is 35.6 Å². The van der Waals surface area contributed by atoms with Gasteiger partial charge < -0.3 is 10.6 Å². The van der Waals surface area contributed by atoms with Crippen LogP contribution in [0.25, 0.3) is 0 Å². The molecular formula is C23H43ClN2. The summed E-state index contributed by atoms with van der Waals surface area (Å²) in [6.45, 7) is 7.82. The molecule has 4 aliphatic rings. The van der Waals surface area contributed by atoms with Crippen molar-refractivity contribution in [2.45, 2.75) is 90.6 Å². The Morgan fingerprint density at radius 2 is 1.54 bits per heavy atom. The Hall–Kier alpha value is 0.210. The molecule has 4 aliphatic carbocycles. The van der Waals surface area contributed by atoms with Crippen LogP contribution < -0.4 is 5.73 Å². The SMILES string of the molecule is C[C@@H]([C@H]1CC[C@H]2[C@@H]3CC[C@H]4C[C@@H](N)CC[C@]4(C)[C@H]3CC[C@]12C)N(C)C.Cl. The van der Waals surface area contributed by atoms with E-state index in [1.807, 2.05) is 0 Å². The average Bonchev–Trinajstić information content (AvgIpc) is 2.92. The molecule has 0 radical (unpaired) electrons. The topological polar surface area (TPSA) is 29.3 Å². The van der Waals surface area contributed by atoms with Gasteiger partial charge >= 0.3 is 0 Å². The zero-order chi connectivity index (χ0) is 18.0. The lowest BCUT2D eigenvalue weighted by atomic mass is 9.44. The minimum absolute atomic E-state index is 0. The number of nitrogens with two attached hydrogens (primary N) is 1. The second-order valence-electron chi connectivity index (χ2n) is 11.1. The molecule has 3 heteroatoms. The molecule has 0 spiro atoms. The lowest BCUT2D eigenvalue weighted by Crippen LogP contribution is -2.55. The minimum atomic E-state index is 0. The highest BCUT2D eigenvalue weighted by molar-refractivity contribution is 5.85. The lowest BCUT2D eigenvalue weighted by molar-refractivity contribution is -0.116. The van der Waals surface area contributed by atoms with Gasteiger partial charge in [-0.3, -0.25) is 0 Å². The van der Waals surface area contributed by atoms with Gasteiger partial charge in [-0.05, 0) is 119 Å². The molecule has 2 nitrogen and oxygen atoms in total. The molecule has 0 amide bonds. The van der Waals surface area contributed by atoms with Crippen molar-refractivity contribution in [1.29, 1.82) is 0 Å². The van der Waals surface area contributed by atoms with Gasteiger partial charge in [0, 0.05) is 12.1 Å².